The molecule has 0 N–H and O–H groups in total. The molecule has 0 bridgehead atoms. The minimum atomic E-state index is 0.591. The van der Waals surface area contributed by atoms with Crippen molar-refractivity contribution in [3.05, 3.63) is 70.5 Å². The molecule has 0 aliphatic rings. The van der Waals surface area contributed by atoms with Gasteiger partial charge in [0.2, 0.25) is 0 Å². The van der Waals surface area contributed by atoms with Gasteiger partial charge in [-0.2, -0.15) is 5.26 Å². The molecule has 1 heterocycles. The Balaban J connectivity index is 1.85. The molecule has 3 nitrogen and oxygen atoms in total. The maximum Gasteiger partial charge on any atom is 0.134 e. The first kappa shape index (κ1) is 17.9. The van der Waals surface area contributed by atoms with E-state index in [0.29, 0.717) is 5.57 Å². The zero-order chi connectivity index (χ0) is 18.4. The van der Waals surface area contributed by atoms with Crippen molar-refractivity contribution in [2.24, 2.45) is 0 Å². The van der Waals surface area contributed by atoms with E-state index in [1.54, 1.807) is 0 Å². The van der Waals surface area contributed by atoms with Crippen LogP contribution >= 0.6 is 11.3 Å². The monoisotopic (exact) mass is 359 g/mol. The van der Waals surface area contributed by atoms with E-state index < -0.39 is 0 Å². The summed E-state index contributed by atoms with van der Waals surface area (Å²) in [6.07, 6.45) is 1.90. The lowest BCUT2D eigenvalue weighted by Gasteiger charge is -2.20. The second-order valence-electron chi connectivity index (χ2n) is 5.84. The second kappa shape index (κ2) is 8.46. The number of aromatic nitrogens is 1. The van der Waals surface area contributed by atoms with Crippen LogP contribution in [0.15, 0.2) is 60.0 Å². The maximum atomic E-state index is 9.58. The Morgan fingerprint density at radius 3 is 2.38 bits per heavy atom. The van der Waals surface area contributed by atoms with Gasteiger partial charge in [-0.25, -0.2) is 4.98 Å². The SMILES string of the molecule is CCN(CC)c1ccc(C=C(C#N)c2nc(-c3ccccc3)cs2)cc1. The predicted molar refractivity (Wildman–Crippen MR) is 111 cm³/mol. The lowest BCUT2D eigenvalue weighted by molar-refractivity contribution is 0.866. The van der Waals surface area contributed by atoms with E-state index in [-0.39, 0.29) is 0 Å². The van der Waals surface area contributed by atoms with Gasteiger partial charge in [0, 0.05) is 29.7 Å². The highest BCUT2D eigenvalue weighted by Crippen LogP contribution is 2.27. The van der Waals surface area contributed by atoms with E-state index in [0.717, 1.165) is 34.9 Å². The van der Waals surface area contributed by atoms with Crippen LogP contribution in [0.5, 0.6) is 0 Å². The highest BCUT2D eigenvalue weighted by atomic mass is 32.1. The maximum absolute atomic E-state index is 9.58. The molecule has 1 aromatic heterocycles. The van der Waals surface area contributed by atoms with E-state index in [4.69, 9.17) is 0 Å². The molecule has 0 saturated heterocycles. The van der Waals surface area contributed by atoms with Crippen molar-refractivity contribution in [2.75, 3.05) is 18.0 Å². The third-order valence-corrected chi connectivity index (χ3v) is 5.13. The molecule has 130 valence electrons. The molecule has 0 radical (unpaired) electrons. The van der Waals surface area contributed by atoms with E-state index in [1.165, 1.54) is 17.0 Å². The quantitative estimate of drug-likeness (QED) is 0.528. The van der Waals surface area contributed by atoms with Crippen LogP contribution in [0.1, 0.15) is 24.4 Å². The summed E-state index contributed by atoms with van der Waals surface area (Å²) in [4.78, 5) is 6.94. The molecule has 4 heteroatoms. The van der Waals surface area contributed by atoms with Gasteiger partial charge in [0.25, 0.3) is 0 Å². The fourth-order valence-corrected chi connectivity index (χ4v) is 3.61. The van der Waals surface area contributed by atoms with Crippen molar-refractivity contribution in [1.82, 2.24) is 4.98 Å². The molecule has 0 fully saturated rings. The van der Waals surface area contributed by atoms with E-state index in [1.807, 2.05) is 41.8 Å². The Labute approximate surface area is 158 Å². The van der Waals surface area contributed by atoms with Crippen LogP contribution in [0.4, 0.5) is 5.69 Å². The fraction of sp³-hybridized carbons (Fsp3) is 0.182. The molecule has 0 spiro atoms. The summed E-state index contributed by atoms with van der Waals surface area (Å²) < 4.78 is 0. The van der Waals surface area contributed by atoms with Gasteiger partial charge in [0.1, 0.15) is 11.1 Å². The smallest absolute Gasteiger partial charge is 0.134 e. The summed E-state index contributed by atoms with van der Waals surface area (Å²) in [6, 6.07) is 20.6. The van der Waals surface area contributed by atoms with Crippen molar-refractivity contribution < 1.29 is 0 Å². The summed E-state index contributed by atoms with van der Waals surface area (Å²) in [5, 5.41) is 12.3. The van der Waals surface area contributed by atoms with Crippen LogP contribution in [0.3, 0.4) is 0 Å². The Kier molecular flexibility index (Phi) is 5.83. The molecule has 0 unspecified atom stereocenters. The summed E-state index contributed by atoms with van der Waals surface area (Å²) in [5.74, 6) is 0. The van der Waals surface area contributed by atoms with Gasteiger partial charge in [-0.1, -0.05) is 42.5 Å². The van der Waals surface area contributed by atoms with Crippen molar-refractivity contribution >= 4 is 28.7 Å². The Bertz CT molecular complexity index is 914. The number of allylic oxidation sites excluding steroid dienone is 1. The average Bonchev–Trinajstić information content (AvgIpc) is 3.19. The standard InChI is InChI=1S/C22H21N3S/c1-3-25(4-2)20-12-10-17(11-13-20)14-19(15-23)22-24-21(16-26-22)18-8-6-5-7-9-18/h5-14,16H,3-4H2,1-2H3. The van der Waals surface area contributed by atoms with Gasteiger partial charge in [-0.05, 0) is 37.6 Å². The molecule has 0 aliphatic carbocycles. The van der Waals surface area contributed by atoms with Crippen LogP contribution in [-0.2, 0) is 0 Å². The molecule has 3 aromatic rings. The predicted octanol–water partition coefficient (Wildman–Crippen LogP) is 5.72. The normalized spacial score (nSPS) is 11.2. The first-order valence-electron chi connectivity index (χ1n) is 8.73. The van der Waals surface area contributed by atoms with Gasteiger partial charge >= 0.3 is 0 Å². The van der Waals surface area contributed by atoms with Gasteiger partial charge in [-0.15, -0.1) is 11.3 Å². The highest BCUT2D eigenvalue weighted by molar-refractivity contribution is 7.11. The average molecular weight is 359 g/mol. The number of hydrogen-bond donors (Lipinski definition) is 0. The Morgan fingerprint density at radius 1 is 1.08 bits per heavy atom. The van der Waals surface area contributed by atoms with Gasteiger partial charge in [0.05, 0.1) is 11.3 Å². The van der Waals surface area contributed by atoms with Crippen LogP contribution in [0.25, 0.3) is 22.9 Å². The van der Waals surface area contributed by atoms with Crippen LogP contribution < -0.4 is 4.90 Å². The second-order valence-corrected chi connectivity index (χ2v) is 6.70. The number of nitriles is 1. The molecule has 0 saturated carbocycles. The molecule has 0 amide bonds. The van der Waals surface area contributed by atoms with Crippen molar-refractivity contribution in [2.45, 2.75) is 13.8 Å². The summed E-state index contributed by atoms with van der Waals surface area (Å²) in [6.45, 7) is 6.27. The first-order valence-corrected chi connectivity index (χ1v) is 9.61. The zero-order valence-electron chi connectivity index (χ0n) is 15.0. The molecule has 26 heavy (non-hydrogen) atoms. The molecule has 2 aromatic carbocycles. The highest BCUT2D eigenvalue weighted by Gasteiger charge is 2.09. The minimum absolute atomic E-state index is 0.591. The van der Waals surface area contributed by atoms with E-state index in [9.17, 15) is 5.26 Å². The lowest BCUT2D eigenvalue weighted by Crippen LogP contribution is -2.21. The van der Waals surface area contributed by atoms with Gasteiger partial charge < -0.3 is 4.90 Å². The van der Waals surface area contributed by atoms with E-state index >= 15 is 0 Å². The number of hydrogen-bond acceptors (Lipinski definition) is 4. The molecule has 0 atom stereocenters. The summed E-state index contributed by atoms with van der Waals surface area (Å²) in [5.41, 5.74) is 4.77. The fourth-order valence-electron chi connectivity index (χ4n) is 2.82. The number of benzene rings is 2. The lowest BCUT2D eigenvalue weighted by atomic mass is 10.1. The van der Waals surface area contributed by atoms with Crippen LogP contribution in [0.2, 0.25) is 0 Å². The third kappa shape index (κ3) is 4.01. The summed E-state index contributed by atoms with van der Waals surface area (Å²) in [7, 11) is 0. The van der Waals surface area contributed by atoms with Gasteiger partial charge in [-0.3, -0.25) is 0 Å². The largest absolute Gasteiger partial charge is 0.372 e. The molecular weight excluding hydrogens is 338 g/mol. The van der Waals surface area contributed by atoms with Crippen LogP contribution in [0, 0.1) is 11.3 Å². The topological polar surface area (TPSA) is 39.9 Å². The van der Waals surface area contributed by atoms with Crippen LogP contribution in [-0.4, -0.2) is 18.1 Å². The van der Waals surface area contributed by atoms with E-state index in [2.05, 4.69) is 54.1 Å². The molecule has 0 aliphatic heterocycles. The molecular formula is C22H21N3S. The zero-order valence-corrected chi connectivity index (χ0v) is 15.8. The number of rotatable bonds is 6. The third-order valence-electron chi connectivity index (χ3n) is 4.26. The van der Waals surface area contributed by atoms with Crippen molar-refractivity contribution in [1.29, 1.82) is 5.26 Å². The van der Waals surface area contributed by atoms with Crippen molar-refractivity contribution in [3.63, 3.8) is 0 Å². The van der Waals surface area contributed by atoms with Crippen molar-refractivity contribution in [3.8, 4) is 17.3 Å². The summed E-state index contributed by atoms with van der Waals surface area (Å²) >= 11 is 1.50. The number of anilines is 1. The Hall–Kier alpha value is -2.90. The number of nitrogens with zero attached hydrogens (tertiary/aromatic N) is 3. The number of thiazole rings is 1. The minimum Gasteiger partial charge on any atom is -0.372 e. The molecule has 3 rings (SSSR count). The Morgan fingerprint density at radius 2 is 1.77 bits per heavy atom. The van der Waals surface area contributed by atoms with Gasteiger partial charge in [0.15, 0.2) is 0 Å². The first-order chi connectivity index (χ1) is 12.7.